The van der Waals surface area contributed by atoms with Crippen molar-refractivity contribution >= 4 is 22.9 Å². The van der Waals surface area contributed by atoms with Crippen LogP contribution in [0.25, 0.3) is 0 Å². The summed E-state index contributed by atoms with van der Waals surface area (Å²) in [5.74, 6) is 0.950. The monoisotopic (exact) mass is 286 g/mol. The summed E-state index contributed by atoms with van der Waals surface area (Å²) in [7, 11) is 2.24. The van der Waals surface area contributed by atoms with Gasteiger partial charge < -0.3 is 10.2 Å². The predicted octanol–water partition coefficient (Wildman–Crippen LogP) is 3.61. The highest BCUT2D eigenvalue weighted by Gasteiger charge is 2.16. The van der Waals surface area contributed by atoms with Crippen molar-refractivity contribution in [1.29, 1.82) is 0 Å². The SMILES string of the molecule is CN(CCNCc1ccc(Cl)s1)CC1CCCC1. The zero-order valence-corrected chi connectivity index (χ0v) is 12.7. The third-order valence-electron chi connectivity index (χ3n) is 3.64. The molecular weight excluding hydrogens is 264 g/mol. The molecule has 1 aliphatic rings. The van der Waals surface area contributed by atoms with Crippen molar-refractivity contribution in [2.75, 3.05) is 26.7 Å². The van der Waals surface area contributed by atoms with Gasteiger partial charge in [-0.3, -0.25) is 0 Å². The normalized spacial score (nSPS) is 16.8. The van der Waals surface area contributed by atoms with Crippen LogP contribution in [0.3, 0.4) is 0 Å². The van der Waals surface area contributed by atoms with Crippen LogP contribution < -0.4 is 5.32 Å². The second-order valence-electron chi connectivity index (χ2n) is 5.30. The summed E-state index contributed by atoms with van der Waals surface area (Å²) in [5, 5.41) is 3.48. The molecule has 18 heavy (non-hydrogen) atoms. The van der Waals surface area contributed by atoms with Gasteiger partial charge in [0.25, 0.3) is 0 Å². The number of hydrogen-bond donors (Lipinski definition) is 1. The van der Waals surface area contributed by atoms with Crippen LogP contribution in [0.1, 0.15) is 30.6 Å². The Morgan fingerprint density at radius 3 is 2.83 bits per heavy atom. The molecule has 0 atom stereocenters. The van der Waals surface area contributed by atoms with Crippen LogP contribution in [-0.2, 0) is 6.54 Å². The minimum atomic E-state index is 0.880. The van der Waals surface area contributed by atoms with Crippen molar-refractivity contribution in [2.45, 2.75) is 32.2 Å². The zero-order chi connectivity index (χ0) is 12.8. The van der Waals surface area contributed by atoms with Crippen molar-refractivity contribution in [2.24, 2.45) is 5.92 Å². The lowest BCUT2D eigenvalue weighted by Crippen LogP contribution is -2.31. The van der Waals surface area contributed by atoms with E-state index in [1.165, 1.54) is 37.1 Å². The Balaban J connectivity index is 1.54. The standard InChI is InChI=1S/C14H23ClN2S/c1-17(11-12-4-2-3-5-12)9-8-16-10-13-6-7-14(15)18-13/h6-7,12,16H,2-5,8-11H2,1H3. The van der Waals surface area contributed by atoms with Crippen molar-refractivity contribution in [3.8, 4) is 0 Å². The van der Waals surface area contributed by atoms with Crippen LogP contribution in [-0.4, -0.2) is 31.6 Å². The van der Waals surface area contributed by atoms with E-state index in [1.54, 1.807) is 11.3 Å². The van der Waals surface area contributed by atoms with Gasteiger partial charge in [-0.1, -0.05) is 24.4 Å². The molecule has 0 aliphatic heterocycles. The average molecular weight is 287 g/mol. The molecule has 1 aromatic rings. The predicted molar refractivity (Wildman–Crippen MR) is 80.5 cm³/mol. The minimum Gasteiger partial charge on any atom is -0.311 e. The molecular formula is C14H23ClN2S. The molecule has 102 valence electrons. The Kier molecular flexibility index (Phi) is 5.96. The third kappa shape index (κ3) is 4.88. The summed E-state index contributed by atoms with van der Waals surface area (Å²) in [4.78, 5) is 3.78. The van der Waals surface area contributed by atoms with Crippen molar-refractivity contribution < 1.29 is 0 Å². The molecule has 1 heterocycles. The smallest absolute Gasteiger partial charge is 0.0931 e. The molecule has 1 aliphatic carbocycles. The Morgan fingerprint density at radius 1 is 1.39 bits per heavy atom. The fourth-order valence-corrected chi connectivity index (χ4v) is 3.71. The first-order valence-electron chi connectivity index (χ1n) is 6.87. The lowest BCUT2D eigenvalue weighted by molar-refractivity contribution is 0.277. The number of rotatable bonds is 7. The van der Waals surface area contributed by atoms with Gasteiger partial charge in [-0.15, -0.1) is 11.3 Å². The van der Waals surface area contributed by atoms with E-state index in [1.807, 2.05) is 6.07 Å². The Hall–Kier alpha value is -0.0900. The Labute approximate surface area is 119 Å². The maximum atomic E-state index is 5.90. The second kappa shape index (κ2) is 7.49. The molecule has 4 heteroatoms. The van der Waals surface area contributed by atoms with Crippen molar-refractivity contribution in [3.63, 3.8) is 0 Å². The van der Waals surface area contributed by atoms with Gasteiger partial charge in [-0.05, 0) is 37.9 Å². The van der Waals surface area contributed by atoms with Crippen LogP contribution in [0.4, 0.5) is 0 Å². The Bertz CT molecular complexity index is 347. The summed E-state index contributed by atoms with van der Waals surface area (Å²) in [6.45, 7) is 4.40. The summed E-state index contributed by atoms with van der Waals surface area (Å²) < 4.78 is 0.880. The van der Waals surface area contributed by atoms with E-state index in [4.69, 9.17) is 11.6 Å². The van der Waals surface area contributed by atoms with E-state index in [0.717, 1.165) is 29.9 Å². The molecule has 1 N–H and O–H groups in total. The van der Waals surface area contributed by atoms with Crippen LogP contribution in [0.5, 0.6) is 0 Å². The molecule has 0 unspecified atom stereocenters. The first-order chi connectivity index (χ1) is 8.74. The number of hydrogen-bond acceptors (Lipinski definition) is 3. The molecule has 0 bridgehead atoms. The quantitative estimate of drug-likeness (QED) is 0.770. The molecule has 1 aromatic heterocycles. The molecule has 0 aromatic carbocycles. The van der Waals surface area contributed by atoms with Crippen LogP contribution in [0.2, 0.25) is 4.34 Å². The summed E-state index contributed by atoms with van der Waals surface area (Å²) in [5.41, 5.74) is 0. The molecule has 2 nitrogen and oxygen atoms in total. The number of halogens is 1. The molecule has 1 saturated carbocycles. The lowest BCUT2D eigenvalue weighted by Gasteiger charge is -2.20. The fraction of sp³-hybridized carbons (Fsp3) is 0.714. The van der Waals surface area contributed by atoms with Gasteiger partial charge in [-0.2, -0.15) is 0 Å². The first kappa shape index (κ1) is 14.3. The van der Waals surface area contributed by atoms with E-state index in [-0.39, 0.29) is 0 Å². The van der Waals surface area contributed by atoms with Crippen LogP contribution in [0, 0.1) is 5.92 Å². The molecule has 0 saturated heterocycles. The highest BCUT2D eigenvalue weighted by molar-refractivity contribution is 7.16. The van der Waals surface area contributed by atoms with E-state index in [2.05, 4.69) is 23.3 Å². The van der Waals surface area contributed by atoms with Gasteiger partial charge in [-0.25, -0.2) is 0 Å². The van der Waals surface area contributed by atoms with Gasteiger partial charge in [0.2, 0.25) is 0 Å². The van der Waals surface area contributed by atoms with Gasteiger partial charge in [0.05, 0.1) is 4.34 Å². The average Bonchev–Trinajstić information content (AvgIpc) is 2.96. The topological polar surface area (TPSA) is 15.3 Å². The number of nitrogens with one attached hydrogen (secondary N) is 1. The molecule has 0 amide bonds. The fourth-order valence-electron chi connectivity index (χ4n) is 2.65. The maximum absolute atomic E-state index is 5.90. The zero-order valence-electron chi connectivity index (χ0n) is 11.1. The largest absolute Gasteiger partial charge is 0.311 e. The van der Waals surface area contributed by atoms with E-state index >= 15 is 0 Å². The first-order valence-corrected chi connectivity index (χ1v) is 8.07. The van der Waals surface area contributed by atoms with E-state index < -0.39 is 0 Å². The third-order valence-corrected chi connectivity index (χ3v) is 4.87. The van der Waals surface area contributed by atoms with Crippen molar-refractivity contribution in [3.05, 3.63) is 21.3 Å². The van der Waals surface area contributed by atoms with Crippen LogP contribution in [0.15, 0.2) is 12.1 Å². The molecule has 1 fully saturated rings. The molecule has 0 spiro atoms. The molecule has 2 rings (SSSR count). The number of likely N-dealkylation sites (N-methyl/N-ethyl adjacent to an activating group) is 1. The summed E-state index contributed by atoms with van der Waals surface area (Å²) in [6.07, 6.45) is 5.75. The number of nitrogens with zero attached hydrogens (tertiary/aromatic N) is 1. The maximum Gasteiger partial charge on any atom is 0.0931 e. The second-order valence-corrected chi connectivity index (χ2v) is 7.09. The lowest BCUT2D eigenvalue weighted by atomic mass is 10.1. The van der Waals surface area contributed by atoms with Gasteiger partial charge in [0.1, 0.15) is 0 Å². The van der Waals surface area contributed by atoms with Gasteiger partial charge in [0, 0.05) is 31.1 Å². The number of thiophene rings is 1. The Morgan fingerprint density at radius 2 is 2.17 bits per heavy atom. The van der Waals surface area contributed by atoms with Gasteiger partial charge >= 0.3 is 0 Å². The van der Waals surface area contributed by atoms with E-state index in [0.29, 0.717) is 0 Å². The minimum absolute atomic E-state index is 0.880. The highest BCUT2D eigenvalue weighted by atomic mass is 35.5. The van der Waals surface area contributed by atoms with E-state index in [9.17, 15) is 0 Å². The molecule has 0 radical (unpaired) electrons. The van der Waals surface area contributed by atoms with Crippen LogP contribution >= 0.6 is 22.9 Å². The highest BCUT2D eigenvalue weighted by Crippen LogP contribution is 2.25. The summed E-state index contributed by atoms with van der Waals surface area (Å²) in [6, 6.07) is 4.07. The van der Waals surface area contributed by atoms with Gasteiger partial charge in [0.15, 0.2) is 0 Å². The van der Waals surface area contributed by atoms with Crippen molar-refractivity contribution in [1.82, 2.24) is 10.2 Å². The summed E-state index contributed by atoms with van der Waals surface area (Å²) >= 11 is 7.56.